The second-order valence-corrected chi connectivity index (χ2v) is 23.5. The molecule has 0 fully saturated rings. The Labute approximate surface area is 535 Å². The number of hydrogen-bond donors (Lipinski definition) is 3. The van der Waals surface area contributed by atoms with Crippen LogP contribution in [0.2, 0.25) is 0 Å². The van der Waals surface area contributed by atoms with Gasteiger partial charge in [0.25, 0.3) is 0 Å². The maximum Gasteiger partial charge on any atom is 0.491 e. The van der Waals surface area contributed by atoms with Crippen molar-refractivity contribution in [3.63, 3.8) is 0 Å². The molecule has 3 aromatic rings. The quantitative estimate of drug-likeness (QED) is 0.0124. The van der Waals surface area contributed by atoms with Crippen LogP contribution in [0.15, 0.2) is 30.6 Å². The summed E-state index contributed by atoms with van der Waals surface area (Å²) in [5, 5.41) is 14.0. The number of carbonyl (C=O) groups is 7. The van der Waals surface area contributed by atoms with Crippen molar-refractivity contribution in [3.05, 3.63) is 88.8 Å². The number of esters is 4. The van der Waals surface area contributed by atoms with Gasteiger partial charge in [-0.15, -0.1) is 0 Å². The van der Waals surface area contributed by atoms with Gasteiger partial charge in [-0.25, -0.2) is 40.7 Å². The van der Waals surface area contributed by atoms with E-state index in [9.17, 15) is 90.6 Å². The van der Waals surface area contributed by atoms with Crippen molar-refractivity contribution in [2.75, 3.05) is 0 Å². The first-order chi connectivity index (χ1) is 43.5. The zero-order chi connectivity index (χ0) is 70.9. The average Bonchev–Trinajstić information content (AvgIpc) is 0.827. The molecule has 0 aliphatic heterocycles. The summed E-state index contributed by atoms with van der Waals surface area (Å²) in [7, 11) is 0. The van der Waals surface area contributed by atoms with E-state index in [-0.39, 0.29) is 31.6 Å². The number of amides is 2. The first kappa shape index (κ1) is 86.0. The molecule has 1 aromatic heterocycles. The summed E-state index contributed by atoms with van der Waals surface area (Å²) in [6.45, 7) is 14.5. The lowest BCUT2D eigenvalue weighted by molar-refractivity contribution is -0.190. The lowest BCUT2D eigenvalue weighted by Gasteiger charge is -2.24. The molecule has 2 amide bonds. The highest BCUT2D eigenvalue weighted by Gasteiger charge is 2.43. The van der Waals surface area contributed by atoms with Gasteiger partial charge in [0.1, 0.15) is 23.3 Å². The molecular weight excluding hydrogens is 1260 g/mol. The number of benzene rings is 2. The number of nitrogens with one attached hydrogen (secondary N) is 2. The molecule has 2 atom stereocenters. The van der Waals surface area contributed by atoms with Gasteiger partial charge in [0, 0.05) is 38.1 Å². The van der Waals surface area contributed by atoms with Crippen molar-refractivity contribution in [1.82, 2.24) is 15.6 Å². The van der Waals surface area contributed by atoms with Crippen LogP contribution < -0.4 is 20.1 Å². The van der Waals surface area contributed by atoms with Crippen LogP contribution in [0.1, 0.15) is 235 Å². The molecule has 15 nitrogen and oxygen atoms in total. The first-order valence-electron chi connectivity index (χ1n) is 31.1. The molecule has 0 bridgehead atoms. The van der Waals surface area contributed by atoms with Crippen molar-refractivity contribution < 1.29 is 115 Å². The van der Waals surface area contributed by atoms with E-state index in [0.717, 1.165) is 44.9 Å². The summed E-state index contributed by atoms with van der Waals surface area (Å²) < 4.78 is 184. The second-order valence-electron chi connectivity index (χ2n) is 23.5. The monoisotopic (exact) mass is 1350 g/mol. The minimum atomic E-state index is -5.65. The number of unbranched alkanes of at least 4 members (excludes halogenated alkanes) is 20. The number of nitrogens with zero attached hydrogens (tertiary/aromatic N) is 1. The highest BCUT2D eigenvalue weighted by atomic mass is 19.4. The van der Waals surface area contributed by atoms with Gasteiger partial charge in [-0.05, 0) is 79.4 Å². The predicted octanol–water partition coefficient (Wildman–Crippen LogP) is 16.9. The number of aromatic nitrogens is 1. The number of ether oxygens (including phenoxy) is 4. The molecule has 528 valence electrons. The fourth-order valence-electron chi connectivity index (χ4n) is 8.18. The summed E-state index contributed by atoms with van der Waals surface area (Å²) in [6.07, 6.45) is 22.6. The Morgan fingerprint density at radius 1 is 0.419 bits per heavy atom. The number of alkyl halides is 3. The molecule has 2 aromatic carbocycles. The van der Waals surface area contributed by atoms with Gasteiger partial charge in [-0.1, -0.05) is 148 Å². The minimum absolute atomic E-state index is 0.0360. The lowest BCUT2D eigenvalue weighted by atomic mass is 10.0. The van der Waals surface area contributed by atoms with E-state index in [2.05, 4.69) is 38.9 Å². The first-order valence-corrected chi connectivity index (χ1v) is 31.1. The Balaban J connectivity index is 0.00000138. The zero-order valence-electron chi connectivity index (χ0n) is 54.1. The predicted molar refractivity (Wildman–Crippen MR) is 318 cm³/mol. The van der Waals surface area contributed by atoms with Crippen molar-refractivity contribution in [2.45, 2.75) is 265 Å². The molecule has 0 aliphatic rings. The summed E-state index contributed by atoms with van der Waals surface area (Å²) in [6, 6.07) is 3.52. The number of pyridine rings is 1. The highest BCUT2D eigenvalue weighted by molar-refractivity contribution is 5.86. The molecule has 0 aliphatic carbocycles. The SMILES string of the molecule is CCCCCCCCCCCCCC(=O)N[C@@H](CCC(=O)O)C(=O)OC(C)(C)C.CCCCCCCCCCCCCC(=O)N[C@@H](CCC(=O)Oc1c(F)c(F)c(F)c(F)c1F)C(=O)OC(C)(C)C.O=C(Oc1c(F)c(F)c(F)c(F)c1F)C(F)(F)F.c1ccncc1. The Hall–Kier alpha value is -7.03. The van der Waals surface area contributed by atoms with Crippen LogP contribution in [-0.2, 0) is 43.0 Å². The molecule has 0 spiro atoms. The Kier molecular flexibility index (Phi) is 42.6. The highest BCUT2D eigenvalue weighted by Crippen LogP contribution is 2.32. The largest absolute Gasteiger partial charge is 0.491 e. The van der Waals surface area contributed by atoms with E-state index < -0.39 is 141 Å². The summed E-state index contributed by atoms with van der Waals surface area (Å²) in [5.74, 6) is -36.1. The molecule has 3 rings (SSSR count). The number of carboxylic acids is 1. The maximum atomic E-state index is 13.8. The second kappa shape index (κ2) is 46.1. The minimum Gasteiger partial charge on any atom is -0.481 e. The van der Waals surface area contributed by atoms with Crippen LogP contribution in [0.4, 0.5) is 57.1 Å². The average molecular weight is 1350 g/mol. The maximum absolute atomic E-state index is 13.8. The third-order valence-electron chi connectivity index (χ3n) is 12.9. The van der Waals surface area contributed by atoms with Crippen LogP contribution >= 0.6 is 0 Å². The van der Waals surface area contributed by atoms with E-state index >= 15 is 0 Å². The third-order valence-corrected chi connectivity index (χ3v) is 12.9. The molecule has 0 saturated heterocycles. The number of halogens is 13. The Morgan fingerprint density at radius 2 is 0.710 bits per heavy atom. The third kappa shape index (κ3) is 38.7. The smallest absolute Gasteiger partial charge is 0.481 e. The van der Waals surface area contributed by atoms with Gasteiger partial charge in [-0.3, -0.25) is 24.2 Å². The van der Waals surface area contributed by atoms with Gasteiger partial charge in [-0.2, -0.15) is 30.7 Å². The molecule has 3 N–H and O–H groups in total. The summed E-state index contributed by atoms with van der Waals surface area (Å²) in [5.41, 5.74) is -1.59. The van der Waals surface area contributed by atoms with Gasteiger partial charge < -0.3 is 34.7 Å². The van der Waals surface area contributed by atoms with Crippen LogP contribution in [0, 0.1) is 58.2 Å². The molecule has 0 unspecified atom stereocenters. The summed E-state index contributed by atoms with van der Waals surface area (Å²) in [4.78, 5) is 86.4. The molecule has 28 heteroatoms. The summed E-state index contributed by atoms with van der Waals surface area (Å²) >= 11 is 0. The number of carbonyl (C=O) groups excluding carboxylic acids is 6. The number of aliphatic carboxylic acids is 1. The fourth-order valence-corrected chi connectivity index (χ4v) is 8.18. The van der Waals surface area contributed by atoms with E-state index in [1.54, 1.807) is 53.9 Å². The van der Waals surface area contributed by atoms with E-state index in [4.69, 9.17) is 14.6 Å². The number of rotatable bonds is 36. The van der Waals surface area contributed by atoms with Crippen LogP contribution in [0.3, 0.4) is 0 Å². The van der Waals surface area contributed by atoms with Gasteiger partial charge in [0.2, 0.25) is 81.5 Å². The van der Waals surface area contributed by atoms with Gasteiger partial charge in [0.15, 0.2) is 0 Å². The van der Waals surface area contributed by atoms with Gasteiger partial charge in [0.05, 0.1) is 0 Å². The molecular formula is C65H90F13N3O12. The van der Waals surface area contributed by atoms with E-state index in [0.29, 0.717) is 12.8 Å². The Morgan fingerprint density at radius 3 is 0.978 bits per heavy atom. The van der Waals surface area contributed by atoms with Crippen molar-refractivity contribution in [3.8, 4) is 11.5 Å². The normalized spacial score (nSPS) is 11.9. The standard InChI is InChI=1S/C29H42F5NO5.C23H43NO5.C8F8O2.C5H5N/c1-5-6-7-8-9-10-11-12-13-14-15-16-20(36)35-19(28(38)40-29(2,3)4)17-18-21(37)39-27-25(33)23(31)22(30)24(32)26(27)34;1-5-6-7-8-9-10-11-12-13-14-15-16-20(25)24-19(17-18-21(26)27)22(28)29-23(2,3)4;9-1-2(10)4(12)6(5(13)3(1)11)18-7(17)8(14,15)16;1-2-4-6-5-3-1/h19H,5-18H2,1-4H3,(H,35,36);19H,5-18H2,1-4H3,(H,24,25)(H,26,27);;1-5H/t2*19-;;/m00../s1. The van der Waals surface area contributed by atoms with Crippen molar-refractivity contribution >= 4 is 41.7 Å². The number of hydrogen-bond acceptors (Lipinski definition) is 12. The molecule has 0 saturated carbocycles. The van der Waals surface area contributed by atoms with Crippen molar-refractivity contribution in [1.29, 1.82) is 0 Å². The molecule has 1 heterocycles. The zero-order valence-corrected chi connectivity index (χ0v) is 54.1. The van der Waals surface area contributed by atoms with Crippen LogP contribution in [0.25, 0.3) is 0 Å². The molecule has 93 heavy (non-hydrogen) atoms. The topological polar surface area (TPSA) is 214 Å². The van der Waals surface area contributed by atoms with Crippen LogP contribution in [-0.4, -0.2) is 81.2 Å². The Bertz CT molecular complexity index is 2660. The fraction of sp³-hybridized carbons (Fsp3) is 0.631. The van der Waals surface area contributed by atoms with Gasteiger partial charge >= 0.3 is 36.0 Å². The van der Waals surface area contributed by atoms with E-state index in [1.807, 2.05) is 18.2 Å². The number of carboxylic acid groups (broad SMARTS) is 1. The van der Waals surface area contributed by atoms with Crippen LogP contribution in [0.5, 0.6) is 11.5 Å². The van der Waals surface area contributed by atoms with E-state index in [1.165, 1.54) is 89.9 Å². The molecule has 0 radical (unpaired) electrons. The lowest BCUT2D eigenvalue weighted by Crippen LogP contribution is -2.44. The van der Waals surface area contributed by atoms with Crippen molar-refractivity contribution in [2.24, 2.45) is 0 Å².